The van der Waals surface area contributed by atoms with E-state index >= 15 is 0 Å². The number of carbonyl (C=O) groups is 3. The van der Waals surface area contributed by atoms with Gasteiger partial charge in [-0.05, 0) is 30.9 Å². The van der Waals surface area contributed by atoms with E-state index in [4.69, 9.17) is 4.74 Å². The first-order valence-electron chi connectivity index (χ1n) is 9.16. The number of rotatable bonds is 10. The fourth-order valence-corrected chi connectivity index (χ4v) is 3.38. The van der Waals surface area contributed by atoms with Crippen LogP contribution in [0.2, 0.25) is 0 Å². The van der Waals surface area contributed by atoms with Crippen molar-refractivity contribution in [2.24, 2.45) is 0 Å². The molecule has 0 radical (unpaired) electrons. The summed E-state index contributed by atoms with van der Waals surface area (Å²) in [6, 6.07) is 10.0. The molecule has 2 aromatic rings. The number of nitrogens with one attached hydrogen (secondary N) is 1. The summed E-state index contributed by atoms with van der Waals surface area (Å²) in [4.78, 5) is 37.5. The second-order valence-electron chi connectivity index (χ2n) is 6.39. The lowest BCUT2D eigenvalue weighted by Crippen LogP contribution is -2.35. The summed E-state index contributed by atoms with van der Waals surface area (Å²) in [7, 11) is 0. The fraction of sp³-hybridized carbons (Fsp3) is 0.381. The standard InChI is InChI=1S/C21H25NO4S/c1-3-4-5-9-15(2)22-19(23)14-26-21(25)17-11-7-6-10-16(17)20(24)18-12-8-13-27-18/h6-8,10-13,15H,3-5,9,14H2,1-2H3,(H,22,23). The number of unbranched alkanes of at least 4 members (excludes halogenated alkanes) is 2. The summed E-state index contributed by atoms with van der Waals surface area (Å²) in [5.41, 5.74) is 0.443. The zero-order valence-electron chi connectivity index (χ0n) is 15.7. The van der Waals surface area contributed by atoms with Crippen LogP contribution in [0.15, 0.2) is 41.8 Å². The van der Waals surface area contributed by atoms with Gasteiger partial charge in [0.2, 0.25) is 5.78 Å². The number of hydrogen-bond donors (Lipinski definition) is 1. The summed E-state index contributed by atoms with van der Waals surface area (Å²) < 4.78 is 5.12. The number of amides is 1. The van der Waals surface area contributed by atoms with E-state index in [0.717, 1.165) is 25.7 Å². The van der Waals surface area contributed by atoms with Gasteiger partial charge in [0, 0.05) is 11.6 Å². The van der Waals surface area contributed by atoms with Crippen molar-refractivity contribution in [2.75, 3.05) is 6.61 Å². The van der Waals surface area contributed by atoms with Gasteiger partial charge in [0.15, 0.2) is 6.61 Å². The minimum Gasteiger partial charge on any atom is -0.452 e. The van der Waals surface area contributed by atoms with Gasteiger partial charge in [0.05, 0.1) is 10.4 Å². The van der Waals surface area contributed by atoms with Crippen LogP contribution in [0.1, 0.15) is 65.1 Å². The van der Waals surface area contributed by atoms with E-state index in [9.17, 15) is 14.4 Å². The molecule has 1 aromatic heterocycles. The molecule has 0 aliphatic heterocycles. The zero-order valence-corrected chi connectivity index (χ0v) is 16.5. The first kappa shape index (κ1) is 20.8. The van der Waals surface area contributed by atoms with Crippen LogP contribution in [-0.4, -0.2) is 30.3 Å². The van der Waals surface area contributed by atoms with Crippen molar-refractivity contribution < 1.29 is 19.1 Å². The third kappa shape index (κ3) is 6.32. The molecule has 5 nitrogen and oxygen atoms in total. The van der Waals surface area contributed by atoms with Crippen molar-refractivity contribution in [3.8, 4) is 0 Å². The van der Waals surface area contributed by atoms with Gasteiger partial charge in [-0.3, -0.25) is 9.59 Å². The number of ether oxygens (including phenoxy) is 1. The molecule has 6 heteroatoms. The average Bonchev–Trinajstić information content (AvgIpc) is 3.20. The van der Waals surface area contributed by atoms with Gasteiger partial charge in [-0.2, -0.15) is 0 Å². The molecule has 1 amide bonds. The Kier molecular flexibility index (Phi) is 8.20. The van der Waals surface area contributed by atoms with Crippen LogP contribution in [0.4, 0.5) is 0 Å². The normalized spacial score (nSPS) is 11.6. The fourth-order valence-electron chi connectivity index (χ4n) is 2.70. The molecule has 1 atom stereocenters. The molecule has 0 bridgehead atoms. The number of thiophene rings is 1. The molecule has 27 heavy (non-hydrogen) atoms. The Morgan fingerprint density at radius 2 is 1.81 bits per heavy atom. The van der Waals surface area contributed by atoms with E-state index in [0.29, 0.717) is 4.88 Å². The van der Waals surface area contributed by atoms with Crippen LogP contribution in [0, 0.1) is 0 Å². The van der Waals surface area contributed by atoms with E-state index in [2.05, 4.69) is 12.2 Å². The average molecular weight is 388 g/mol. The van der Waals surface area contributed by atoms with Crippen molar-refractivity contribution in [1.29, 1.82) is 0 Å². The predicted octanol–water partition coefficient (Wildman–Crippen LogP) is 4.22. The number of ketones is 1. The first-order valence-corrected chi connectivity index (χ1v) is 10.0. The van der Waals surface area contributed by atoms with Crippen molar-refractivity contribution in [3.63, 3.8) is 0 Å². The summed E-state index contributed by atoms with van der Waals surface area (Å²) in [6.45, 7) is 3.70. The Morgan fingerprint density at radius 3 is 2.48 bits per heavy atom. The highest BCUT2D eigenvalue weighted by Gasteiger charge is 2.20. The Morgan fingerprint density at radius 1 is 1.07 bits per heavy atom. The van der Waals surface area contributed by atoms with E-state index in [1.165, 1.54) is 17.4 Å². The van der Waals surface area contributed by atoms with Gasteiger partial charge in [-0.25, -0.2) is 4.79 Å². The Balaban J connectivity index is 1.93. The molecule has 0 aliphatic rings. The number of hydrogen-bond acceptors (Lipinski definition) is 5. The van der Waals surface area contributed by atoms with Crippen LogP contribution >= 0.6 is 11.3 Å². The second kappa shape index (κ2) is 10.6. The minimum absolute atomic E-state index is 0.0374. The largest absolute Gasteiger partial charge is 0.452 e. The minimum atomic E-state index is -0.677. The van der Waals surface area contributed by atoms with Crippen LogP contribution in [0.5, 0.6) is 0 Å². The Labute approximate surface area is 163 Å². The first-order chi connectivity index (χ1) is 13.0. The monoisotopic (exact) mass is 387 g/mol. The molecule has 0 saturated heterocycles. The van der Waals surface area contributed by atoms with E-state index in [1.807, 2.05) is 6.92 Å². The lowest BCUT2D eigenvalue weighted by atomic mass is 10.0. The Bertz CT molecular complexity index is 770. The van der Waals surface area contributed by atoms with Crippen LogP contribution < -0.4 is 5.32 Å². The second-order valence-corrected chi connectivity index (χ2v) is 7.34. The lowest BCUT2D eigenvalue weighted by Gasteiger charge is -2.14. The van der Waals surface area contributed by atoms with E-state index in [1.54, 1.807) is 35.7 Å². The third-order valence-corrected chi connectivity index (χ3v) is 4.99. The smallest absolute Gasteiger partial charge is 0.339 e. The lowest BCUT2D eigenvalue weighted by molar-refractivity contribution is -0.124. The zero-order chi connectivity index (χ0) is 19.6. The van der Waals surface area contributed by atoms with Gasteiger partial charge in [-0.15, -0.1) is 11.3 Å². The highest BCUT2D eigenvalue weighted by Crippen LogP contribution is 2.19. The van der Waals surface area contributed by atoms with E-state index < -0.39 is 5.97 Å². The molecule has 1 N–H and O–H groups in total. The summed E-state index contributed by atoms with van der Waals surface area (Å²) >= 11 is 1.31. The highest BCUT2D eigenvalue weighted by atomic mass is 32.1. The molecule has 144 valence electrons. The van der Waals surface area contributed by atoms with Crippen molar-refractivity contribution >= 4 is 29.0 Å². The molecule has 0 fully saturated rings. The SMILES string of the molecule is CCCCCC(C)NC(=O)COC(=O)c1ccccc1C(=O)c1cccs1. The van der Waals surface area contributed by atoms with Crippen molar-refractivity contribution in [3.05, 3.63) is 57.8 Å². The highest BCUT2D eigenvalue weighted by molar-refractivity contribution is 7.12. The van der Waals surface area contributed by atoms with Gasteiger partial charge in [-0.1, -0.05) is 50.5 Å². The van der Waals surface area contributed by atoms with Crippen LogP contribution in [0.25, 0.3) is 0 Å². The van der Waals surface area contributed by atoms with Gasteiger partial charge in [0.25, 0.3) is 5.91 Å². The molecule has 1 unspecified atom stereocenters. The molecular formula is C21H25NO4S. The topological polar surface area (TPSA) is 72.5 Å². The van der Waals surface area contributed by atoms with Crippen LogP contribution in [-0.2, 0) is 9.53 Å². The molecular weight excluding hydrogens is 362 g/mol. The number of esters is 1. The predicted molar refractivity (Wildman–Crippen MR) is 106 cm³/mol. The van der Waals surface area contributed by atoms with E-state index in [-0.39, 0.29) is 35.5 Å². The van der Waals surface area contributed by atoms with Gasteiger partial charge in [0.1, 0.15) is 0 Å². The maximum absolute atomic E-state index is 12.6. The molecule has 2 rings (SSSR count). The quantitative estimate of drug-likeness (QED) is 0.376. The Hall–Kier alpha value is -2.47. The maximum Gasteiger partial charge on any atom is 0.339 e. The van der Waals surface area contributed by atoms with Gasteiger partial charge < -0.3 is 10.1 Å². The molecule has 0 aliphatic carbocycles. The molecule has 1 heterocycles. The summed E-state index contributed by atoms with van der Waals surface area (Å²) in [5.74, 6) is -1.25. The van der Waals surface area contributed by atoms with Crippen molar-refractivity contribution in [2.45, 2.75) is 45.6 Å². The van der Waals surface area contributed by atoms with Gasteiger partial charge >= 0.3 is 5.97 Å². The third-order valence-electron chi connectivity index (χ3n) is 4.12. The summed E-state index contributed by atoms with van der Waals surface area (Å²) in [5, 5.41) is 4.63. The molecule has 0 saturated carbocycles. The number of carbonyl (C=O) groups excluding carboxylic acids is 3. The van der Waals surface area contributed by atoms with Crippen molar-refractivity contribution in [1.82, 2.24) is 5.32 Å². The number of benzene rings is 1. The molecule has 0 spiro atoms. The summed E-state index contributed by atoms with van der Waals surface area (Å²) in [6.07, 6.45) is 4.20. The maximum atomic E-state index is 12.6. The van der Waals surface area contributed by atoms with Crippen LogP contribution in [0.3, 0.4) is 0 Å². The molecule has 1 aromatic carbocycles.